The molecule has 1 aromatic heterocycles. The maximum Gasteiger partial charge on any atom is 0.309 e. The van der Waals surface area contributed by atoms with E-state index in [1.807, 2.05) is 26.1 Å². The summed E-state index contributed by atoms with van der Waals surface area (Å²) in [6.45, 7) is 7.38. The van der Waals surface area contributed by atoms with Gasteiger partial charge in [0, 0.05) is 17.0 Å². The van der Waals surface area contributed by atoms with Crippen molar-refractivity contribution in [2.24, 2.45) is 0 Å². The molecule has 136 valence electrons. The Morgan fingerprint density at radius 3 is 2.33 bits per heavy atom. The third-order valence-corrected chi connectivity index (χ3v) is 5.71. The number of fused-ring (bicyclic) bond motifs is 5. The quantitative estimate of drug-likeness (QED) is 0.442. The van der Waals surface area contributed by atoms with Gasteiger partial charge in [-0.15, -0.1) is 0 Å². The van der Waals surface area contributed by atoms with Gasteiger partial charge >= 0.3 is 7.48 Å². The monoisotopic (exact) mass is 357 g/mol. The highest BCUT2D eigenvalue weighted by molar-refractivity contribution is 6.47. The molecule has 0 aliphatic carbocycles. The van der Waals surface area contributed by atoms with Crippen LogP contribution in [0.15, 0.2) is 60.8 Å². The highest BCUT2D eigenvalue weighted by Crippen LogP contribution is 2.30. The second-order valence-corrected chi connectivity index (χ2v) is 8.22. The number of hydrogen-bond donors (Lipinski definition) is 1. The molecule has 3 nitrogen and oxygen atoms in total. The highest BCUT2D eigenvalue weighted by Gasteiger charge is 2.35. The first kappa shape index (κ1) is 18.0. The number of benzene rings is 3. The molecule has 0 atom stereocenters. The Morgan fingerprint density at radius 1 is 0.889 bits per heavy atom. The predicted octanol–water partition coefficient (Wildman–Crippen LogP) is 4.08. The minimum atomic E-state index is -0.912. The summed E-state index contributed by atoms with van der Waals surface area (Å²) in [5.74, 6) is 0. The van der Waals surface area contributed by atoms with Crippen LogP contribution in [0.25, 0.3) is 32.4 Å². The molecule has 3 aromatic carbocycles. The van der Waals surface area contributed by atoms with Crippen LogP contribution >= 0.6 is 0 Å². The van der Waals surface area contributed by atoms with E-state index in [0.29, 0.717) is 7.48 Å². The summed E-state index contributed by atoms with van der Waals surface area (Å²) < 4.78 is 6.02. The summed E-state index contributed by atoms with van der Waals surface area (Å²) >= 11 is 0. The lowest BCUT2D eigenvalue weighted by molar-refractivity contribution is -0.0893. The van der Waals surface area contributed by atoms with Crippen molar-refractivity contribution < 1.29 is 9.76 Å². The molecule has 1 N–H and O–H groups in total. The molecule has 27 heavy (non-hydrogen) atoms. The Balaban J connectivity index is 1.78. The van der Waals surface area contributed by atoms with E-state index in [9.17, 15) is 5.11 Å². The lowest BCUT2D eigenvalue weighted by atomic mass is 9.81. The number of rotatable bonds is 4. The van der Waals surface area contributed by atoms with E-state index >= 15 is 0 Å². The molecular weight excluding hydrogens is 333 g/mol. The number of nitrogens with zero attached hydrogens (tertiary/aromatic N) is 1. The SMILES string of the molecule is CC(C)(O)C(C)(C)OBc1ccc2c(ccc3ccc4cccnc4c32)c1. The van der Waals surface area contributed by atoms with Crippen LogP contribution in [0.5, 0.6) is 0 Å². The van der Waals surface area contributed by atoms with Crippen LogP contribution in [-0.2, 0) is 4.65 Å². The van der Waals surface area contributed by atoms with E-state index in [1.165, 1.54) is 21.5 Å². The maximum absolute atomic E-state index is 10.3. The fraction of sp³-hybridized carbons (Fsp3) is 0.261. The summed E-state index contributed by atoms with van der Waals surface area (Å²) in [7, 11) is 0.457. The Kier molecular flexibility index (Phi) is 4.21. The second kappa shape index (κ2) is 6.33. The van der Waals surface area contributed by atoms with E-state index in [4.69, 9.17) is 4.65 Å². The van der Waals surface area contributed by atoms with Gasteiger partial charge in [-0.25, -0.2) is 0 Å². The van der Waals surface area contributed by atoms with Crippen LogP contribution < -0.4 is 5.46 Å². The fourth-order valence-electron chi connectivity index (χ4n) is 3.27. The van der Waals surface area contributed by atoms with E-state index < -0.39 is 11.2 Å². The summed E-state index contributed by atoms with van der Waals surface area (Å²) in [6, 6.07) is 19.1. The predicted molar refractivity (Wildman–Crippen MR) is 115 cm³/mol. The number of aromatic nitrogens is 1. The van der Waals surface area contributed by atoms with Crippen molar-refractivity contribution in [2.45, 2.75) is 38.9 Å². The Hall–Kier alpha value is -2.43. The van der Waals surface area contributed by atoms with Gasteiger partial charge in [-0.1, -0.05) is 54.0 Å². The average molecular weight is 357 g/mol. The zero-order chi connectivity index (χ0) is 19.2. The van der Waals surface area contributed by atoms with Gasteiger partial charge in [0.05, 0.1) is 16.7 Å². The van der Waals surface area contributed by atoms with Crippen molar-refractivity contribution in [1.29, 1.82) is 0 Å². The van der Waals surface area contributed by atoms with Crippen LogP contribution in [-0.4, -0.2) is 28.8 Å². The molecule has 0 saturated heterocycles. The van der Waals surface area contributed by atoms with Gasteiger partial charge in [-0.3, -0.25) is 4.98 Å². The number of hydrogen-bond acceptors (Lipinski definition) is 3. The molecule has 0 aliphatic rings. The van der Waals surface area contributed by atoms with E-state index in [-0.39, 0.29) is 0 Å². The molecule has 0 bridgehead atoms. The van der Waals surface area contributed by atoms with Gasteiger partial charge < -0.3 is 9.76 Å². The lowest BCUT2D eigenvalue weighted by Crippen LogP contribution is -2.49. The van der Waals surface area contributed by atoms with Crippen LogP contribution in [0.2, 0.25) is 0 Å². The second-order valence-electron chi connectivity index (χ2n) is 8.22. The molecular formula is C23H24BNO2. The maximum atomic E-state index is 10.3. The van der Waals surface area contributed by atoms with Crippen LogP contribution in [0, 0.1) is 0 Å². The summed E-state index contributed by atoms with van der Waals surface area (Å²) in [4.78, 5) is 4.63. The normalized spacial score (nSPS) is 12.8. The summed E-state index contributed by atoms with van der Waals surface area (Å²) in [5, 5.41) is 16.2. The Morgan fingerprint density at radius 2 is 1.59 bits per heavy atom. The van der Waals surface area contributed by atoms with Crippen molar-refractivity contribution in [3.05, 3.63) is 60.8 Å². The van der Waals surface area contributed by atoms with Gasteiger partial charge in [-0.05, 0) is 49.9 Å². The lowest BCUT2D eigenvalue weighted by Gasteiger charge is -2.37. The highest BCUT2D eigenvalue weighted by atomic mass is 16.5. The van der Waals surface area contributed by atoms with Crippen LogP contribution in [0.4, 0.5) is 0 Å². The van der Waals surface area contributed by atoms with Crippen LogP contribution in [0.3, 0.4) is 0 Å². The minimum Gasteiger partial charge on any atom is -0.427 e. The molecule has 0 aliphatic heterocycles. The summed E-state index contributed by atoms with van der Waals surface area (Å²) in [5.41, 5.74) is 0.580. The molecule has 4 aromatic rings. The first-order valence-electron chi connectivity index (χ1n) is 9.32. The van der Waals surface area contributed by atoms with Crippen molar-refractivity contribution in [3.63, 3.8) is 0 Å². The molecule has 0 amide bonds. The molecule has 0 spiro atoms. The summed E-state index contributed by atoms with van der Waals surface area (Å²) in [6.07, 6.45) is 1.85. The molecule has 1 heterocycles. The minimum absolute atomic E-state index is 0.457. The van der Waals surface area contributed by atoms with Crippen molar-refractivity contribution in [3.8, 4) is 0 Å². The van der Waals surface area contributed by atoms with Gasteiger partial charge in [-0.2, -0.15) is 0 Å². The molecule has 4 heteroatoms. The topological polar surface area (TPSA) is 42.4 Å². The van der Waals surface area contributed by atoms with Crippen molar-refractivity contribution in [1.82, 2.24) is 4.98 Å². The molecule has 0 unspecified atom stereocenters. The third-order valence-electron chi connectivity index (χ3n) is 5.71. The first-order chi connectivity index (χ1) is 12.8. The number of pyridine rings is 1. The van der Waals surface area contributed by atoms with Gasteiger partial charge in [0.2, 0.25) is 0 Å². The smallest absolute Gasteiger partial charge is 0.309 e. The van der Waals surface area contributed by atoms with Crippen molar-refractivity contribution in [2.75, 3.05) is 0 Å². The largest absolute Gasteiger partial charge is 0.427 e. The zero-order valence-corrected chi connectivity index (χ0v) is 16.3. The number of aliphatic hydroxyl groups is 1. The first-order valence-corrected chi connectivity index (χ1v) is 9.32. The Bertz CT molecular complexity index is 1150. The molecule has 0 radical (unpaired) electrons. The van der Waals surface area contributed by atoms with Gasteiger partial charge in [0.1, 0.15) is 0 Å². The molecule has 0 saturated carbocycles. The van der Waals surface area contributed by atoms with Gasteiger partial charge in [0.15, 0.2) is 0 Å². The van der Waals surface area contributed by atoms with Crippen molar-refractivity contribution >= 4 is 45.4 Å². The fourth-order valence-corrected chi connectivity index (χ4v) is 3.27. The third kappa shape index (κ3) is 3.20. The van der Waals surface area contributed by atoms with E-state index in [0.717, 1.165) is 16.4 Å². The zero-order valence-electron chi connectivity index (χ0n) is 16.3. The van der Waals surface area contributed by atoms with Gasteiger partial charge in [0.25, 0.3) is 0 Å². The standard InChI is InChI=1S/C23H24BNO2/c1-22(2,26)23(3,4)27-24-18-11-12-19-17(14-18)10-8-15-7-9-16-6-5-13-25-21(16)20(15)19/h5-14,24,26H,1-4H3. The average Bonchev–Trinajstić information content (AvgIpc) is 2.64. The molecule has 0 fully saturated rings. The van der Waals surface area contributed by atoms with Crippen LogP contribution in [0.1, 0.15) is 27.7 Å². The van der Waals surface area contributed by atoms with E-state index in [1.54, 1.807) is 13.8 Å². The Labute approximate surface area is 160 Å². The molecule has 4 rings (SSSR count). The van der Waals surface area contributed by atoms with E-state index in [2.05, 4.69) is 53.5 Å².